The van der Waals surface area contributed by atoms with Crippen molar-refractivity contribution in [3.63, 3.8) is 0 Å². The maximum atomic E-state index is 13.3. The van der Waals surface area contributed by atoms with E-state index >= 15 is 0 Å². The summed E-state index contributed by atoms with van der Waals surface area (Å²) in [6.45, 7) is 4.18. The Labute approximate surface area is 86.3 Å². The van der Waals surface area contributed by atoms with Crippen LogP contribution in [0.3, 0.4) is 0 Å². The summed E-state index contributed by atoms with van der Waals surface area (Å²) in [6.07, 6.45) is 0. The fourth-order valence-corrected chi connectivity index (χ4v) is 1.97. The fourth-order valence-electron chi connectivity index (χ4n) is 1.97. The number of halogens is 1. The number of nitrogens with zero attached hydrogens (tertiary/aromatic N) is 1. The number of nitrogens with one attached hydrogen (secondary N) is 1. The third-order valence-corrected chi connectivity index (χ3v) is 2.80. The van der Waals surface area contributed by atoms with Crippen LogP contribution in [-0.4, -0.2) is 4.92 Å². The second-order valence-electron chi connectivity index (χ2n) is 4.16. The molecular weight excluding hydrogens is 199 g/mol. The van der Waals surface area contributed by atoms with Gasteiger partial charge in [0.15, 0.2) is 0 Å². The molecular formula is C10H11FN2O2. The van der Waals surface area contributed by atoms with Crippen molar-refractivity contribution in [2.24, 2.45) is 0 Å². The minimum Gasteiger partial charge on any atom is -0.303 e. The molecule has 1 aromatic rings. The zero-order chi connectivity index (χ0) is 11.2. The summed E-state index contributed by atoms with van der Waals surface area (Å²) in [5.74, 6) is -0.766. The van der Waals surface area contributed by atoms with E-state index in [1.807, 2.05) is 13.8 Å². The Bertz CT molecular complexity index is 443. The first-order valence-corrected chi connectivity index (χ1v) is 4.65. The maximum absolute atomic E-state index is 13.3. The molecule has 0 radical (unpaired) electrons. The van der Waals surface area contributed by atoms with Gasteiger partial charge in [-0.2, -0.15) is 4.39 Å². The Morgan fingerprint density at radius 1 is 1.53 bits per heavy atom. The van der Waals surface area contributed by atoms with Gasteiger partial charge in [-0.1, -0.05) is 6.07 Å². The Kier molecular flexibility index (Phi) is 2.01. The molecule has 80 valence electrons. The van der Waals surface area contributed by atoms with Crippen LogP contribution in [0.4, 0.5) is 10.1 Å². The van der Waals surface area contributed by atoms with Gasteiger partial charge in [-0.05, 0) is 25.5 Å². The molecule has 1 heterocycles. The third-order valence-electron chi connectivity index (χ3n) is 2.80. The van der Waals surface area contributed by atoms with Crippen LogP contribution in [0.15, 0.2) is 12.1 Å². The average Bonchev–Trinajstić information content (AvgIpc) is 2.41. The summed E-state index contributed by atoms with van der Waals surface area (Å²) in [7, 11) is 0. The van der Waals surface area contributed by atoms with E-state index in [0.717, 1.165) is 11.6 Å². The summed E-state index contributed by atoms with van der Waals surface area (Å²) < 4.78 is 13.3. The number of hydrogen-bond donors (Lipinski definition) is 1. The second-order valence-corrected chi connectivity index (χ2v) is 4.16. The lowest BCUT2D eigenvalue weighted by atomic mass is 9.94. The number of nitro benzene ring substituents is 1. The molecule has 0 aliphatic carbocycles. The number of hydrogen-bond acceptors (Lipinski definition) is 3. The molecule has 4 nitrogen and oxygen atoms in total. The largest absolute Gasteiger partial charge is 0.309 e. The van der Waals surface area contributed by atoms with Crippen molar-refractivity contribution in [3.8, 4) is 0 Å². The topological polar surface area (TPSA) is 55.2 Å². The summed E-state index contributed by atoms with van der Waals surface area (Å²) in [5, 5.41) is 13.8. The van der Waals surface area contributed by atoms with Crippen LogP contribution in [0.25, 0.3) is 0 Å². The van der Waals surface area contributed by atoms with Crippen molar-refractivity contribution in [1.82, 2.24) is 5.32 Å². The smallest absolute Gasteiger partial charge is 0.303 e. The Balaban J connectivity index is 2.69. The van der Waals surface area contributed by atoms with E-state index in [-0.39, 0.29) is 5.54 Å². The second kappa shape index (κ2) is 3.00. The van der Waals surface area contributed by atoms with Gasteiger partial charge in [0.25, 0.3) is 0 Å². The van der Waals surface area contributed by atoms with E-state index in [1.54, 1.807) is 6.07 Å². The highest BCUT2D eigenvalue weighted by atomic mass is 19.1. The molecule has 1 aliphatic heterocycles. The Morgan fingerprint density at radius 3 is 2.80 bits per heavy atom. The van der Waals surface area contributed by atoms with Gasteiger partial charge < -0.3 is 5.32 Å². The van der Waals surface area contributed by atoms with Gasteiger partial charge in [-0.25, -0.2) is 0 Å². The maximum Gasteiger partial charge on any atom is 0.309 e. The molecule has 0 amide bonds. The van der Waals surface area contributed by atoms with E-state index in [4.69, 9.17) is 0 Å². The normalized spacial score (nSPS) is 17.5. The standard InChI is InChI=1S/C10H11FN2O2/c1-10(2)7-3-4-8(11)9(13(14)15)6(7)5-12-10/h3-4,12H,5H2,1-2H3. The molecule has 0 unspecified atom stereocenters. The zero-order valence-electron chi connectivity index (χ0n) is 8.50. The predicted molar refractivity (Wildman–Crippen MR) is 52.9 cm³/mol. The lowest BCUT2D eigenvalue weighted by molar-refractivity contribution is -0.388. The van der Waals surface area contributed by atoms with Gasteiger partial charge in [-0.15, -0.1) is 0 Å². The van der Waals surface area contributed by atoms with Crippen LogP contribution in [0.2, 0.25) is 0 Å². The molecule has 0 aromatic heterocycles. The molecule has 1 N–H and O–H groups in total. The lowest BCUT2D eigenvalue weighted by Gasteiger charge is -2.19. The Hall–Kier alpha value is -1.49. The monoisotopic (exact) mass is 210 g/mol. The number of nitro groups is 1. The van der Waals surface area contributed by atoms with Gasteiger partial charge in [0.2, 0.25) is 5.82 Å². The fraction of sp³-hybridized carbons (Fsp3) is 0.400. The highest BCUT2D eigenvalue weighted by Crippen LogP contribution is 2.37. The summed E-state index contributed by atoms with van der Waals surface area (Å²) in [4.78, 5) is 10.1. The Morgan fingerprint density at radius 2 is 2.20 bits per heavy atom. The van der Waals surface area contributed by atoms with Crippen molar-refractivity contribution < 1.29 is 9.31 Å². The number of rotatable bonds is 1. The average molecular weight is 210 g/mol. The molecule has 5 heteroatoms. The molecule has 15 heavy (non-hydrogen) atoms. The number of benzene rings is 1. The van der Waals surface area contributed by atoms with E-state index in [1.165, 1.54) is 0 Å². The van der Waals surface area contributed by atoms with Gasteiger partial charge in [0.1, 0.15) is 0 Å². The molecule has 0 atom stereocenters. The van der Waals surface area contributed by atoms with Crippen LogP contribution >= 0.6 is 0 Å². The predicted octanol–water partition coefficient (Wildman–Crippen LogP) is 2.07. The molecule has 0 saturated carbocycles. The summed E-state index contributed by atoms with van der Waals surface area (Å²) >= 11 is 0. The highest BCUT2D eigenvalue weighted by molar-refractivity contribution is 5.51. The van der Waals surface area contributed by atoms with Gasteiger partial charge in [0.05, 0.1) is 10.5 Å². The van der Waals surface area contributed by atoms with E-state index in [2.05, 4.69) is 5.32 Å². The summed E-state index contributed by atoms with van der Waals surface area (Å²) in [6, 6.07) is 2.77. The first-order valence-electron chi connectivity index (χ1n) is 4.65. The van der Waals surface area contributed by atoms with Crippen molar-refractivity contribution >= 4 is 5.69 Å². The molecule has 0 saturated heterocycles. The van der Waals surface area contributed by atoms with E-state index in [0.29, 0.717) is 12.1 Å². The molecule has 0 fully saturated rings. The van der Waals surface area contributed by atoms with Crippen molar-refractivity contribution in [2.45, 2.75) is 25.9 Å². The highest BCUT2D eigenvalue weighted by Gasteiger charge is 2.35. The van der Waals surface area contributed by atoms with E-state index in [9.17, 15) is 14.5 Å². The van der Waals surface area contributed by atoms with Crippen LogP contribution in [-0.2, 0) is 12.1 Å². The molecule has 0 bridgehead atoms. The third kappa shape index (κ3) is 1.39. The van der Waals surface area contributed by atoms with Crippen LogP contribution in [0.5, 0.6) is 0 Å². The van der Waals surface area contributed by atoms with Gasteiger partial charge >= 0.3 is 5.69 Å². The molecule has 1 aromatic carbocycles. The molecule has 2 rings (SSSR count). The van der Waals surface area contributed by atoms with Crippen LogP contribution < -0.4 is 5.32 Å². The van der Waals surface area contributed by atoms with Gasteiger partial charge in [0, 0.05) is 12.1 Å². The first-order chi connectivity index (χ1) is 6.93. The quantitative estimate of drug-likeness (QED) is 0.570. The zero-order valence-corrected chi connectivity index (χ0v) is 8.50. The minimum absolute atomic E-state index is 0.326. The van der Waals surface area contributed by atoms with Crippen molar-refractivity contribution in [1.29, 1.82) is 0 Å². The van der Waals surface area contributed by atoms with Crippen molar-refractivity contribution in [2.75, 3.05) is 0 Å². The SMILES string of the molecule is CC1(C)NCc2c1ccc(F)c2[N+](=O)[O-]. The first kappa shape index (κ1) is 10.0. The van der Waals surface area contributed by atoms with Gasteiger partial charge in [-0.3, -0.25) is 10.1 Å². The van der Waals surface area contributed by atoms with E-state index < -0.39 is 16.4 Å². The molecule has 1 aliphatic rings. The molecule has 0 spiro atoms. The number of fused-ring (bicyclic) bond motifs is 1. The van der Waals surface area contributed by atoms with Crippen LogP contribution in [0, 0.1) is 15.9 Å². The summed E-state index contributed by atoms with van der Waals surface area (Å²) in [5.41, 5.74) is 0.541. The lowest BCUT2D eigenvalue weighted by Crippen LogP contribution is -2.28. The minimum atomic E-state index is -0.766. The van der Waals surface area contributed by atoms with Crippen LogP contribution in [0.1, 0.15) is 25.0 Å². The van der Waals surface area contributed by atoms with Crippen molar-refractivity contribution in [3.05, 3.63) is 39.2 Å².